The number of carbonyl (C=O) groups is 1. The Morgan fingerprint density at radius 1 is 1.32 bits per heavy atom. The average molecular weight is 261 g/mol. The number of nitrogens with one attached hydrogen (secondary N) is 1. The number of hydrogen-bond donors (Lipinski definition) is 2. The molecule has 2 N–H and O–H groups in total. The molecule has 1 amide bonds. The van der Waals surface area contributed by atoms with Crippen molar-refractivity contribution in [3.8, 4) is 5.75 Å². The summed E-state index contributed by atoms with van der Waals surface area (Å²) in [6.07, 6.45) is 3.35. The molecule has 3 heteroatoms. The van der Waals surface area contributed by atoms with Crippen molar-refractivity contribution in [3.63, 3.8) is 0 Å². The van der Waals surface area contributed by atoms with Gasteiger partial charge in [-0.2, -0.15) is 0 Å². The van der Waals surface area contributed by atoms with Crippen LogP contribution in [0, 0.1) is 18.8 Å². The molecule has 3 unspecified atom stereocenters. The van der Waals surface area contributed by atoms with Crippen LogP contribution >= 0.6 is 0 Å². The molecule has 0 bridgehead atoms. The number of para-hydroxylation sites is 1. The number of aromatic hydroxyl groups is 1. The van der Waals surface area contributed by atoms with Gasteiger partial charge in [0.1, 0.15) is 5.75 Å². The van der Waals surface area contributed by atoms with E-state index in [9.17, 15) is 9.90 Å². The molecular weight excluding hydrogens is 238 g/mol. The molecule has 0 radical (unpaired) electrons. The second-order valence-corrected chi connectivity index (χ2v) is 5.95. The zero-order chi connectivity index (χ0) is 14.0. The van der Waals surface area contributed by atoms with Crippen molar-refractivity contribution in [1.82, 2.24) is 5.32 Å². The summed E-state index contributed by atoms with van der Waals surface area (Å²) in [5.74, 6) is 1.18. The minimum atomic E-state index is -0.160. The zero-order valence-electron chi connectivity index (χ0n) is 11.9. The first kappa shape index (κ1) is 13.9. The van der Waals surface area contributed by atoms with E-state index in [-0.39, 0.29) is 17.7 Å². The minimum absolute atomic E-state index is 0.0943. The lowest BCUT2D eigenvalue weighted by atomic mass is 9.80. The van der Waals surface area contributed by atoms with Gasteiger partial charge in [-0.25, -0.2) is 0 Å². The highest BCUT2D eigenvalue weighted by atomic mass is 16.3. The van der Waals surface area contributed by atoms with Crippen LogP contribution in [0.15, 0.2) is 18.2 Å². The summed E-state index contributed by atoms with van der Waals surface area (Å²) in [7, 11) is 0. The number of amides is 1. The van der Waals surface area contributed by atoms with Gasteiger partial charge in [-0.1, -0.05) is 26.0 Å². The minimum Gasteiger partial charge on any atom is -0.507 e. The Morgan fingerprint density at radius 2 is 2.05 bits per heavy atom. The Morgan fingerprint density at radius 3 is 2.74 bits per heavy atom. The second kappa shape index (κ2) is 5.64. The molecule has 0 aromatic heterocycles. The van der Waals surface area contributed by atoms with Gasteiger partial charge in [-0.15, -0.1) is 0 Å². The Labute approximate surface area is 115 Å². The molecule has 1 aromatic carbocycles. The number of rotatable bonds is 2. The molecule has 0 saturated heterocycles. The summed E-state index contributed by atoms with van der Waals surface area (Å²) < 4.78 is 0. The molecule has 2 rings (SSSR count). The van der Waals surface area contributed by atoms with Crippen molar-refractivity contribution in [2.24, 2.45) is 11.8 Å². The fourth-order valence-electron chi connectivity index (χ4n) is 2.97. The molecular formula is C16H23NO2. The predicted octanol–water partition coefficient (Wildman–Crippen LogP) is 3.26. The molecule has 0 spiro atoms. The maximum atomic E-state index is 12.2. The fourth-order valence-corrected chi connectivity index (χ4v) is 2.97. The monoisotopic (exact) mass is 261 g/mol. The second-order valence-electron chi connectivity index (χ2n) is 5.95. The van der Waals surface area contributed by atoms with Crippen LogP contribution < -0.4 is 5.32 Å². The van der Waals surface area contributed by atoms with E-state index in [1.165, 1.54) is 0 Å². The summed E-state index contributed by atoms with van der Waals surface area (Å²) in [6.45, 7) is 6.26. The summed E-state index contributed by atoms with van der Waals surface area (Å²) in [5, 5.41) is 13.0. The van der Waals surface area contributed by atoms with E-state index in [2.05, 4.69) is 19.2 Å². The van der Waals surface area contributed by atoms with Gasteiger partial charge >= 0.3 is 0 Å². The largest absolute Gasteiger partial charge is 0.507 e. The van der Waals surface area contributed by atoms with Crippen LogP contribution in [0.25, 0.3) is 0 Å². The lowest BCUT2D eigenvalue weighted by molar-refractivity contribution is 0.0897. The fraction of sp³-hybridized carbons (Fsp3) is 0.562. The average Bonchev–Trinajstić information content (AvgIpc) is 2.36. The van der Waals surface area contributed by atoms with E-state index in [1.54, 1.807) is 25.1 Å². The number of hydrogen-bond acceptors (Lipinski definition) is 2. The molecule has 1 saturated carbocycles. The van der Waals surface area contributed by atoms with Crippen LogP contribution in [-0.4, -0.2) is 17.1 Å². The standard InChI is InChI=1S/C16H23NO2/c1-10-7-8-14(12(3)9-10)17-16(19)13-6-4-5-11(2)15(13)18/h4-6,10,12,14,18H,7-9H2,1-3H3,(H,17,19). The third kappa shape index (κ3) is 3.09. The van der Waals surface area contributed by atoms with Crippen LogP contribution in [0.2, 0.25) is 0 Å². The number of phenols is 1. The highest BCUT2D eigenvalue weighted by Gasteiger charge is 2.27. The molecule has 3 nitrogen and oxygen atoms in total. The molecule has 1 fully saturated rings. The van der Waals surface area contributed by atoms with E-state index >= 15 is 0 Å². The number of carbonyl (C=O) groups excluding carboxylic acids is 1. The van der Waals surface area contributed by atoms with Gasteiger partial charge in [0.15, 0.2) is 0 Å². The molecule has 1 aliphatic rings. The van der Waals surface area contributed by atoms with Crippen LogP contribution in [0.5, 0.6) is 5.75 Å². The van der Waals surface area contributed by atoms with Crippen LogP contribution in [-0.2, 0) is 0 Å². The number of phenolic OH excluding ortho intramolecular Hbond substituents is 1. The quantitative estimate of drug-likeness (QED) is 0.858. The molecule has 1 aliphatic carbocycles. The highest BCUT2D eigenvalue weighted by Crippen LogP contribution is 2.29. The van der Waals surface area contributed by atoms with Gasteiger partial charge in [0.05, 0.1) is 5.56 Å². The van der Waals surface area contributed by atoms with Gasteiger partial charge in [-0.05, 0) is 49.7 Å². The molecule has 1 aromatic rings. The van der Waals surface area contributed by atoms with E-state index in [0.717, 1.165) is 30.7 Å². The topological polar surface area (TPSA) is 49.3 Å². The zero-order valence-corrected chi connectivity index (χ0v) is 11.9. The van der Waals surface area contributed by atoms with Gasteiger partial charge < -0.3 is 10.4 Å². The first-order valence-corrected chi connectivity index (χ1v) is 7.08. The highest BCUT2D eigenvalue weighted by molar-refractivity contribution is 5.97. The number of benzene rings is 1. The normalized spacial score (nSPS) is 27.0. The molecule has 0 aliphatic heterocycles. The first-order valence-electron chi connectivity index (χ1n) is 7.08. The lowest BCUT2D eigenvalue weighted by Crippen LogP contribution is -2.42. The van der Waals surface area contributed by atoms with Gasteiger partial charge in [-0.3, -0.25) is 4.79 Å². The van der Waals surface area contributed by atoms with Gasteiger partial charge in [0, 0.05) is 6.04 Å². The Balaban J connectivity index is 2.07. The maximum absolute atomic E-state index is 12.2. The van der Waals surface area contributed by atoms with E-state index in [0.29, 0.717) is 11.5 Å². The molecule has 104 valence electrons. The van der Waals surface area contributed by atoms with Crippen molar-refractivity contribution < 1.29 is 9.90 Å². The van der Waals surface area contributed by atoms with Crippen molar-refractivity contribution in [1.29, 1.82) is 0 Å². The summed E-state index contributed by atoms with van der Waals surface area (Å²) >= 11 is 0. The summed E-state index contributed by atoms with van der Waals surface area (Å²) in [4.78, 5) is 12.2. The van der Waals surface area contributed by atoms with Crippen LogP contribution in [0.1, 0.15) is 49.0 Å². The molecule has 3 atom stereocenters. The van der Waals surface area contributed by atoms with Gasteiger partial charge in [0.2, 0.25) is 0 Å². The van der Waals surface area contributed by atoms with Crippen molar-refractivity contribution in [3.05, 3.63) is 29.3 Å². The summed E-state index contributed by atoms with van der Waals surface area (Å²) in [6, 6.07) is 5.50. The SMILES string of the molecule is Cc1cccc(C(=O)NC2CCC(C)CC2C)c1O. The van der Waals surface area contributed by atoms with Crippen molar-refractivity contribution >= 4 is 5.91 Å². The van der Waals surface area contributed by atoms with E-state index < -0.39 is 0 Å². The van der Waals surface area contributed by atoms with Crippen LogP contribution in [0.3, 0.4) is 0 Å². The predicted molar refractivity (Wildman–Crippen MR) is 76.3 cm³/mol. The Bertz CT molecular complexity index is 470. The van der Waals surface area contributed by atoms with Crippen molar-refractivity contribution in [2.75, 3.05) is 0 Å². The smallest absolute Gasteiger partial charge is 0.255 e. The Kier molecular flexibility index (Phi) is 4.13. The van der Waals surface area contributed by atoms with E-state index in [4.69, 9.17) is 0 Å². The lowest BCUT2D eigenvalue weighted by Gasteiger charge is -2.33. The first-order chi connectivity index (χ1) is 8.99. The third-order valence-electron chi connectivity index (χ3n) is 4.23. The van der Waals surface area contributed by atoms with E-state index in [1.807, 2.05) is 0 Å². The number of aryl methyl sites for hydroxylation is 1. The molecule has 19 heavy (non-hydrogen) atoms. The third-order valence-corrected chi connectivity index (χ3v) is 4.23. The summed E-state index contributed by atoms with van der Waals surface area (Å²) in [5.41, 5.74) is 1.11. The van der Waals surface area contributed by atoms with Crippen LogP contribution in [0.4, 0.5) is 0 Å². The molecule has 0 heterocycles. The maximum Gasteiger partial charge on any atom is 0.255 e. The van der Waals surface area contributed by atoms with Crippen molar-refractivity contribution in [2.45, 2.75) is 46.1 Å². The van der Waals surface area contributed by atoms with Gasteiger partial charge in [0.25, 0.3) is 5.91 Å². The Hall–Kier alpha value is -1.51.